The topological polar surface area (TPSA) is 41.1 Å². The zero-order chi connectivity index (χ0) is 17.2. The van der Waals surface area contributed by atoms with Crippen LogP contribution in [-0.4, -0.2) is 11.9 Å². The van der Waals surface area contributed by atoms with Crippen LogP contribution in [0.15, 0.2) is 47.1 Å². The third-order valence-electron chi connectivity index (χ3n) is 3.26. The van der Waals surface area contributed by atoms with Crippen molar-refractivity contribution in [1.29, 1.82) is 0 Å². The van der Waals surface area contributed by atoms with Gasteiger partial charge in [-0.1, -0.05) is 43.2 Å². The van der Waals surface area contributed by atoms with Crippen LogP contribution in [0.25, 0.3) is 0 Å². The first-order chi connectivity index (χ1) is 10.9. The third-order valence-corrected chi connectivity index (χ3v) is 3.46. The number of nitrogens with one attached hydrogen (secondary N) is 2. The van der Waals surface area contributed by atoms with Crippen molar-refractivity contribution < 1.29 is 9.18 Å². The molecule has 0 aliphatic rings. The molecule has 0 fully saturated rings. The number of halogens is 2. The van der Waals surface area contributed by atoms with Crippen molar-refractivity contribution in [3.05, 3.63) is 58.5 Å². The maximum absolute atomic E-state index is 12.8. The molecule has 23 heavy (non-hydrogen) atoms. The van der Waals surface area contributed by atoms with Gasteiger partial charge in [0, 0.05) is 17.3 Å². The Morgan fingerprint density at radius 2 is 2.00 bits per heavy atom. The number of carbonyl (C=O) groups is 1. The minimum atomic E-state index is -0.426. The van der Waals surface area contributed by atoms with Crippen molar-refractivity contribution in [1.82, 2.24) is 10.6 Å². The summed E-state index contributed by atoms with van der Waals surface area (Å²) in [6.07, 6.45) is 5.94. The first-order valence-electron chi connectivity index (χ1n) is 7.75. The average Bonchev–Trinajstić information content (AvgIpc) is 2.52. The van der Waals surface area contributed by atoms with E-state index in [0.29, 0.717) is 11.6 Å². The van der Waals surface area contributed by atoms with E-state index in [1.54, 1.807) is 26.0 Å². The standard InChI is InChI=1S/C18H24ClFN2O/c1-4-5-6-7-17(13(2)19)22-14(3)18(23)21-12-15-8-10-16(20)11-9-15/h6-11,14,22H,4-5,12H2,1-3H3,(H,21,23)/b7-6-,17-13-. The fourth-order valence-corrected chi connectivity index (χ4v) is 1.99. The first-order valence-corrected chi connectivity index (χ1v) is 8.13. The molecule has 0 aliphatic carbocycles. The van der Waals surface area contributed by atoms with E-state index in [9.17, 15) is 9.18 Å². The van der Waals surface area contributed by atoms with Crippen molar-refractivity contribution in [3.8, 4) is 0 Å². The van der Waals surface area contributed by atoms with Gasteiger partial charge in [-0.2, -0.15) is 0 Å². The van der Waals surface area contributed by atoms with Crippen molar-refractivity contribution in [2.24, 2.45) is 0 Å². The molecule has 0 aliphatic heterocycles. The molecular weight excluding hydrogens is 315 g/mol. The highest BCUT2D eigenvalue weighted by Gasteiger charge is 2.13. The van der Waals surface area contributed by atoms with E-state index in [-0.39, 0.29) is 11.7 Å². The molecule has 0 heterocycles. The molecular formula is C18H24ClFN2O. The summed E-state index contributed by atoms with van der Waals surface area (Å²) in [6, 6.07) is 5.62. The highest BCUT2D eigenvalue weighted by atomic mass is 35.5. The van der Waals surface area contributed by atoms with Gasteiger partial charge in [-0.15, -0.1) is 0 Å². The van der Waals surface area contributed by atoms with E-state index in [1.807, 2.05) is 12.2 Å². The summed E-state index contributed by atoms with van der Waals surface area (Å²) in [5, 5.41) is 6.53. The molecule has 2 N–H and O–H groups in total. The Balaban J connectivity index is 2.54. The molecule has 0 aromatic heterocycles. The van der Waals surface area contributed by atoms with Gasteiger partial charge in [0.1, 0.15) is 11.9 Å². The molecule has 0 saturated carbocycles. The molecule has 1 atom stereocenters. The number of benzene rings is 1. The van der Waals surface area contributed by atoms with Crippen molar-refractivity contribution >= 4 is 17.5 Å². The Hall–Kier alpha value is -1.81. The van der Waals surface area contributed by atoms with Crippen LogP contribution in [0.5, 0.6) is 0 Å². The van der Waals surface area contributed by atoms with E-state index in [2.05, 4.69) is 17.6 Å². The summed E-state index contributed by atoms with van der Waals surface area (Å²) in [5.74, 6) is -0.435. The number of hydrogen-bond acceptors (Lipinski definition) is 2. The Morgan fingerprint density at radius 1 is 1.35 bits per heavy atom. The minimum absolute atomic E-state index is 0.145. The SMILES string of the molecule is CCC/C=C\C(NC(C)C(=O)NCc1ccc(F)cc1)=C(/C)Cl. The summed E-state index contributed by atoms with van der Waals surface area (Å²) in [7, 11) is 0. The largest absolute Gasteiger partial charge is 0.373 e. The lowest BCUT2D eigenvalue weighted by Gasteiger charge is -2.17. The van der Waals surface area contributed by atoms with E-state index in [1.165, 1.54) is 12.1 Å². The minimum Gasteiger partial charge on any atom is -0.373 e. The van der Waals surface area contributed by atoms with Crippen LogP contribution < -0.4 is 10.6 Å². The molecule has 1 aromatic carbocycles. The normalized spacial score (nSPS) is 13.6. The van der Waals surface area contributed by atoms with Gasteiger partial charge < -0.3 is 10.6 Å². The van der Waals surface area contributed by atoms with Crippen molar-refractivity contribution in [2.45, 2.75) is 46.2 Å². The predicted molar refractivity (Wildman–Crippen MR) is 93.4 cm³/mol. The van der Waals surface area contributed by atoms with Gasteiger partial charge in [-0.05, 0) is 44.0 Å². The predicted octanol–water partition coefficient (Wildman–Crippen LogP) is 4.25. The first kappa shape index (κ1) is 19.2. The van der Waals surface area contributed by atoms with Gasteiger partial charge in [-0.25, -0.2) is 4.39 Å². The van der Waals surface area contributed by atoms with Gasteiger partial charge in [-0.3, -0.25) is 4.79 Å². The lowest BCUT2D eigenvalue weighted by molar-refractivity contribution is -0.122. The van der Waals surface area contributed by atoms with Crippen molar-refractivity contribution in [2.75, 3.05) is 0 Å². The summed E-state index contributed by atoms with van der Waals surface area (Å²) >= 11 is 6.06. The van der Waals surface area contributed by atoms with Gasteiger partial charge >= 0.3 is 0 Å². The van der Waals surface area contributed by atoms with Crippen LogP contribution in [0, 0.1) is 5.82 Å². The fraction of sp³-hybridized carbons (Fsp3) is 0.389. The lowest BCUT2D eigenvalue weighted by atomic mass is 10.2. The summed E-state index contributed by atoms with van der Waals surface area (Å²) in [5.41, 5.74) is 1.59. The molecule has 126 valence electrons. The average molecular weight is 339 g/mol. The number of carbonyl (C=O) groups excluding carboxylic acids is 1. The fourth-order valence-electron chi connectivity index (χ4n) is 1.87. The summed E-state index contributed by atoms with van der Waals surface area (Å²) in [6.45, 7) is 6.01. The smallest absolute Gasteiger partial charge is 0.242 e. The third kappa shape index (κ3) is 7.33. The van der Waals surface area contributed by atoms with E-state index < -0.39 is 6.04 Å². The molecule has 5 heteroatoms. The second-order valence-electron chi connectivity index (χ2n) is 5.35. The van der Waals surface area contributed by atoms with Gasteiger partial charge in [0.2, 0.25) is 5.91 Å². The monoisotopic (exact) mass is 338 g/mol. The molecule has 1 rings (SSSR count). The Labute approximate surface area is 142 Å². The van der Waals surface area contributed by atoms with Crippen LogP contribution in [0.4, 0.5) is 4.39 Å². The number of rotatable bonds is 8. The lowest BCUT2D eigenvalue weighted by Crippen LogP contribution is -2.41. The highest BCUT2D eigenvalue weighted by Crippen LogP contribution is 2.09. The molecule has 1 unspecified atom stereocenters. The second kappa shape index (κ2) is 10.1. The molecule has 1 amide bonds. The Morgan fingerprint density at radius 3 is 2.57 bits per heavy atom. The van der Waals surface area contributed by atoms with E-state index in [4.69, 9.17) is 11.6 Å². The van der Waals surface area contributed by atoms with Crippen molar-refractivity contribution in [3.63, 3.8) is 0 Å². The van der Waals surface area contributed by atoms with Crippen LogP contribution in [0.2, 0.25) is 0 Å². The number of allylic oxidation sites excluding steroid dienone is 3. The Kier molecular flexibility index (Phi) is 8.41. The number of unbranched alkanes of at least 4 members (excludes halogenated alkanes) is 1. The van der Waals surface area contributed by atoms with E-state index >= 15 is 0 Å². The van der Waals surface area contributed by atoms with Gasteiger partial charge in [0.15, 0.2) is 0 Å². The van der Waals surface area contributed by atoms with Crippen LogP contribution in [-0.2, 0) is 11.3 Å². The maximum Gasteiger partial charge on any atom is 0.242 e. The number of amides is 1. The number of hydrogen-bond donors (Lipinski definition) is 2. The zero-order valence-electron chi connectivity index (χ0n) is 13.8. The quantitative estimate of drug-likeness (QED) is 0.696. The van der Waals surface area contributed by atoms with Crippen LogP contribution in [0.3, 0.4) is 0 Å². The molecule has 3 nitrogen and oxygen atoms in total. The summed E-state index contributed by atoms with van der Waals surface area (Å²) < 4.78 is 12.8. The highest BCUT2D eigenvalue weighted by molar-refractivity contribution is 6.29. The molecule has 0 spiro atoms. The van der Waals surface area contributed by atoms with Gasteiger partial charge in [0.25, 0.3) is 0 Å². The molecule has 0 bridgehead atoms. The Bertz CT molecular complexity index is 563. The second-order valence-corrected chi connectivity index (χ2v) is 5.92. The molecule has 0 radical (unpaired) electrons. The van der Waals surface area contributed by atoms with E-state index in [0.717, 1.165) is 24.1 Å². The summed E-state index contributed by atoms with van der Waals surface area (Å²) in [4.78, 5) is 12.1. The maximum atomic E-state index is 12.8. The van der Waals surface area contributed by atoms with Crippen LogP contribution >= 0.6 is 11.6 Å². The zero-order valence-corrected chi connectivity index (χ0v) is 14.6. The molecule has 0 saturated heterocycles. The van der Waals surface area contributed by atoms with Gasteiger partial charge in [0.05, 0.1) is 0 Å². The van der Waals surface area contributed by atoms with Crippen LogP contribution in [0.1, 0.15) is 39.2 Å². The molecule has 1 aromatic rings.